The number of thiocarbonyl (C=S) groups is 1. The standard InChI is InChI=1S/C13H9ClOS/c14-13(16)15-12-8-6-11(7-9-12)10-4-2-1-3-5-10/h1-9H. The highest BCUT2D eigenvalue weighted by Gasteiger charge is 1.99. The predicted octanol–water partition coefficient (Wildman–Crippen LogP) is 4.26. The van der Waals surface area contributed by atoms with Crippen molar-refractivity contribution in [3.8, 4) is 16.9 Å². The molecule has 0 aromatic heterocycles. The number of hydrogen-bond acceptors (Lipinski definition) is 2. The average Bonchev–Trinajstić information content (AvgIpc) is 2.30. The van der Waals surface area contributed by atoms with Crippen LogP contribution in [0.5, 0.6) is 5.75 Å². The second kappa shape index (κ2) is 5.10. The summed E-state index contributed by atoms with van der Waals surface area (Å²) in [5, 5.41) is 0. The summed E-state index contributed by atoms with van der Waals surface area (Å²) >= 11 is 10.1. The van der Waals surface area contributed by atoms with Gasteiger partial charge in [-0.05, 0) is 47.1 Å². The Labute approximate surface area is 105 Å². The third-order valence-corrected chi connectivity index (χ3v) is 2.32. The van der Waals surface area contributed by atoms with Crippen molar-refractivity contribution >= 4 is 28.3 Å². The molecule has 0 bridgehead atoms. The van der Waals surface area contributed by atoms with Crippen molar-refractivity contribution in [1.29, 1.82) is 0 Å². The van der Waals surface area contributed by atoms with Crippen LogP contribution in [0.3, 0.4) is 0 Å². The quantitative estimate of drug-likeness (QED) is 0.580. The molecule has 0 saturated carbocycles. The highest BCUT2D eigenvalue weighted by atomic mass is 35.5. The van der Waals surface area contributed by atoms with Crippen molar-refractivity contribution in [3.05, 3.63) is 54.6 Å². The molecule has 0 aliphatic carbocycles. The molecule has 0 N–H and O–H groups in total. The Morgan fingerprint density at radius 2 is 1.44 bits per heavy atom. The van der Waals surface area contributed by atoms with Crippen molar-refractivity contribution in [2.24, 2.45) is 0 Å². The van der Waals surface area contributed by atoms with Crippen LogP contribution in [0.4, 0.5) is 0 Å². The van der Waals surface area contributed by atoms with Gasteiger partial charge in [0.05, 0.1) is 0 Å². The topological polar surface area (TPSA) is 9.23 Å². The first-order valence-electron chi connectivity index (χ1n) is 4.78. The van der Waals surface area contributed by atoms with Gasteiger partial charge in [-0.2, -0.15) is 0 Å². The van der Waals surface area contributed by atoms with Crippen molar-refractivity contribution in [2.45, 2.75) is 0 Å². The summed E-state index contributed by atoms with van der Waals surface area (Å²) in [6, 6.07) is 17.8. The summed E-state index contributed by atoms with van der Waals surface area (Å²) in [7, 11) is 0. The van der Waals surface area contributed by atoms with E-state index in [-0.39, 0.29) is 4.51 Å². The van der Waals surface area contributed by atoms with E-state index in [1.54, 1.807) is 0 Å². The number of rotatable bonds is 2. The lowest BCUT2D eigenvalue weighted by Crippen LogP contribution is -1.94. The Hall–Kier alpha value is -1.38. The van der Waals surface area contributed by atoms with Gasteiger partial charge in [-0.15, -0.1) is 0 Å². The molecular weight excluding hydrogens is 240 g/mol. The van der Waals surface area contributed by atoms with Crippen molar-refractivity contribution in [1.82, 2.24) is 0 Å². The van der Waals surface area contributed by atoms with E-state index < -0.39 is 0 Å². The van der Waals surface area contributed by atoms with Gasteiger partial charge in [0.15, 0.2) is 0 Å². The molecule has 0 aliphatic rings. The molecule has 3 heteroatoms. The highest BCUT2D eigenvalue weighted by Crippen LogP contribution is 2.22. The first-order chi connectivity index (χ1) is 7.75. The van der Waals surface area contributed by atoms with Gasteiger partial charge < -0.3 is 4.74 Å². The molecule has 1 nitrogen and oxygen atoms in total. The smallest absolute Gasteiger partial charge is 0.260 e. The molecule has 0 amide bonds. The Balaban J connectivity index is 2.23. The summed E-state index contributed by atoms with van der Waals surface area (Å²) in [4.78, 5) is 0. The normalized spacial score (nSPS) is 9.81. The van der Waals surface area contributed by atoms with Gasteiger partial charge >= 0.3 is 0 Å². The SMILES string of the molecule is S=C(Cl)Oc1ccc(-c2ccccc2)cc1. The van der Waals surface area contributed by atoms with E-state index in [1.807, 2.05) is 42.5 Å². The lowest BCUT2D eigenvalue weighted by molar-refractivity contribution is 0.578. The summed E-state index contributed by atoms with van der Waals surface area (Å²) in [5.41, 5.74) is 2.30. The van der Waals surface area contributed by atoms with E-state index in [1.165, 1.54) is 5.56 Å². The van der Waals surface area contributed by atoms with E-state index in [0.717, 1.165) is 5.56 Å². The Morgan fingerprint density at radius 1 is 0.875 bits per heavy atom. The number of ether oxygens (including phenoxy) is 1. The summed E-state index contributed by atoms with van der Waals surface area (Å²) in [5.74, 6) is 0.652. The van der Waals surface area contributed by atoms with Crippen LogP contribution in [0.2, 0.25) is 0 Å². The maximum Gasteiger partial charge on any atom is 0.260 e. The molecule has 2 aromatic rings. The van der Waals surface area contributed by atoms with Crippen LogP contribution < -0.4 is 4.74 Å². The number of hydrogen-bond donors (Lipinski definition) is 0. The van der Waals surface area contributed by atoms with Gasteiger partial charge in [-0.25, -0.2) is 0 Å². The van der Waals surface area contributed by atoms with Crippen LogP contribution in [-0.2, 0) is 0 Å². The largest absolute Gasteiger partial charge is 0.436 e. The molecule has 0 fully saturated rings. The van der Waals surface area contributed by atoms with Crippen LogP contribution in [0.15, 0.2) is 54.6 Å². The van der Waals surface area contributed by atoms with Crippen LogP contribution in [-0.4, -0.2) is 4.51 Å². The molecule has 0 saturated heterocycles. The molecule has 0 spiro atoms. The van der Waals surface area contributed by atoms with Gasteiger partial charge in [0.2, 0.25) is 0 Å². The summed E-state index contributed by atoms with van der Waals surface area (Å²) in [6.07, 6.45) is 0. The minimum Gasteiger partial charge on any atom is -0.436 e. The molecule has 2 rings (SSSR count). The molecule has 0 atom stereocenters. The minimum atomic E-state index is 0.00691. The lowest BCUT2D eigenvalue weighted by Gasteiger charge is -2.04. The average molecular weight is 249 g/mol. The van der Waals surface area contributed by atoms with E-state index in [9.17, 15) is 0 Å². The fraction of sp³-hybridized carbons (Fsp3) is 0. The minimum absolute atomic E-state index is 0.00691. The van der Waals surface area contributed by atoms with Crippen molar-refractivity contribution in [3.63, 3.8) is 0 Å². The highest BCUT2D eigenvalue weighted by molar-refractivity contribution is 7.82. The molecule has 0 unspecified atom stereocenters. The third kappa shape index (κ3) is 2.81. The number of benzene rings is 2. The zero-order chi connectivity index (χ0) is 11.4. The molecular formula is C13H9ClOS. The van der Waals surface area contributed by atoms with E-state index in [4.69, 9.17) is 16.3 Å². The van der Waals surface area contributed by atoms with Crippen LogP contribution in [0, 0.1) is 0 Å². The fourth-order valence-electron chi connectivity index (χ4n) is 1.44. The fourth-order valence-corrected chi connectivity index (χ4v) is 1.62. The first kappa shape index (κ1) is 11.1. The second-order valence-electron chi connectivity index (χ2n) is 3.23. The maximum absolute atomic E-state index is 5.48. The first-order valence-corrected chi connectivity index (χ1v) is 5.57. The van der Waals surface area contributed by atoms with E-state index in [2.05, 4.69) is 24.4 Å². The Morgan fingerprint density at radius 3 is 2.00 bits per heavy atom. The van der Waals surface area contributed by atoms with Gasteiger partial charge in [0.25, 0.3) is 4.51 Å². The maximum atomic E-state index is 5.48. The number of halogens is 1. The summed E-state index contributed by atoms with van der Waals surface area (Å²) in [6.45, 7) is 0. The molecule has 0 heterocycles. The third-order valence-electron chi connectivity index (χ3n) is 2.16. The van der Waals surface area contributed by atoms with Crippen molar-refractivity contribution < 1.29 is 4.74 Å². The molecule has 80 valence electrons. The van der Waals surface area contributed by atoms with Crippen LogP contribution >= 0.6 is 23.8 Å². The predicted molar refractivity (Wildman–Crippen MR) is 71.0 cm³/mol. The zero-order valence-corrected chi connectivity index (χ0v) is 9.96. The second-order valence-corrected chi connectivity index (χ2v) is 4.17. The van der Waals surface area contributed by atoms with Gasteiger partial charge in [0, 0.05) is 0 Å². The van der Waals surface area contributed by atoms with Gasteiger partial charge in [-0.3, -0.25) is 0 Å². The lowest BCUT2D eigenvalue weighted by atomic mass is 10.1. The van der Waals surface area contributed by atoms with Crippen molar-refractivity contribution in [2.75, 3.05) is 0 Å². The molecule has 2 aromatic carbocycles. The monoisotopic (exact) mass is 248 g/mol. The van der Waals surface area contributed by atoms with Crippen LogP contribution in [0.25, 0.3) is 11.1 Å². The Kier molecular flexibility index (Phi) is 3.54. The molecule has 0 aliphatic heterocycles. The van der Waals surface area contributed by atoms with E-state index in [0.29, 0.717) is 5.75 Å². The zero-order valence-electron chi connectivity index (χ0n) is 8.39. The van der Waals surface area contributed by atoms with E-state index >= 15 is 0 Å². The van der Waals surface area contributed by atoms with Crippen LogP contribution in [0.1, 0.15) is 0 Å². The molecule has 0 radical (unpaired) electrons. The van der Waals surface area contributed by atoms with Gasteiger partial charge in [0.1, 0.15) is 5.75 Å². The Bertz CT molecular complexity index is 479. The molecule has 16 heavy (non-hydrogen) atoms. The van der Waals surface area contributed by atoms with Gasteiger partial charge in [-0.1, -0.05) is 42.5 Å². The summed E-state index contributed by atoms with van der Waals surface area (Å²) < 4.78 is 5.11.